The van der Waals surface area contributed by atoms with Gasteiger partial charge in [0.1, 0.15) is 5.82 Å². The molecule has 2 rings (SSSR count). The Hall–Kier alpha value is -1.63. The van der Waals surface area contributed by atoms with E-state index in [1.807, 2.05) is 6.92 Å². The molecule has 3 nitrogen and oxygen atoms in total. The van der Waals surface area contributed by atoms with E-state index in [0.717, 1.165) is 12.5 Å². The number of rotatable bonds is 4. The van der Waals surface area contributed by atoms with E-state index < -0.39 is 22.9 Å². The lowest BCUT2D eigenvalue weighted by Crippen LogP contribution is -2.08. The lowest BCUT2D eigenvalue weighted by Gasteiger charge is -2.08. The number of hydrogen-bond donors (Lipinski definition) is 0. The third kappa shape index (κ3) is 3.53. The first-order chi connectivity index (χ1) is 9.82. The fraction of sp³-hybridized carbons (Fsp3) is 0.385. The van der Waals surface area contributed by atoms with Crippen LogP contribution in [0, 0.1) is 5.82 Å². The van der Waals surface area contributed by atoms with Gasteiger partial charge in [0.2, 0.25) is 0 Å². The smallest absolute Gasteiger partial charge is 0.334 e. The van der Waals surface area contributed by atoms with Crippen molar-refractivity contribution >= 4 is 11.6 Å². The number of halogens is 5. The summed E-state index contributed by atoms with van der Waals surface area (Å²) in [6, 6.07) is 2.49. The molecule has 0 N–H and O–H groups in total. The lowest BCUT2D eigenvalue weighted by atomic mass is 10.1. The average Bonchev–Trinajstić information content (AvgIpc) is 2.88. The highest BCUT2D eigenvalue weighted by Crippen LogP contribution is 2.34. The van der Waals surface area contributed by atoms with Crippen molar-refractivity contribution in [3.05, 3.63) is 35.4 Å². The fourth-order valence-corrected chi connectivity index (χ4v) is 2.04. The lowest BCUT2D eigenvalue weighted by molar-refractivity contribution is -0.139. The molecule has 0 radical (unpaired) electrons. The third-order valence-corrected chi connectivity index (χ3v) is 3.20. The van der Waals surface area contributed by atoms with Crippen LogP contribution in [0.3, 0.4) is 0 Å². The Morgan fingerprint density at radius 2 is 2.05 bits per heavy atom. The van der Waals surface area contributed by atoms with Gasteiger partial charge in [-0.3, -0.25) is 0 Å². The molecule has 0 aliphatic rings. The van der Waals surface area contributed by atoms with Gasteiger partial charge < -0.3 is 4.52 Å². The zero-order valence-corrected chi connectivity index (χ0v) is 11.7. The van der Waals surface area contributed by atoms with E-state index in [2.05, 4.69) is 10.1 Å². The topological polar surface area (TPSA) is 38.9 Å². The van der Waals surface area contributed by atoms with Gasteiger partial charge >= 0.3 is 6.18 Å². The number of nitrogens with zero attached hydrogens (tertiary/aromatic N) is 2. The molecule has 0 spiro atoms. The summed E-state index contributed by atoms with van der Waals surface area (Å²) in [6.45, 7) is 1.92. The second-order valence-electron chi connectivity index (χ2n) is 4.41. The molecule has 0 aliphatic heterocycles. The van der Waals surface area contributed by atoms with Gasteiger partial charge in [0.05, 0.1) is 10.9 Å². The van der Waals surface area contributed by atoms with E-state index in [4.69, 9.17) is 16.1 Å². The monoisotopic (exact) mass is 322 g/mol. The van der Waals surface area contributed by atoms with Crippen LogP contribution < -0.4 is 0 Å². The maximum absolute atomic E-state index is 13.2. The summed E-state index contributed by atoms with van der Waals surface area (Å²) in [7, 11) is 0. The molecule has 1 atom stereocenters. The summed E-state index contributed by atoms with van der Waals surface area (Å²) in [5.74, 6) is -1.28. The van der Waals surface area contributed by atoms with Gasteiger partial charge in [0.25, 0.3) is 5.89 Å². The quantitative estimate of drug-likeness (QED) is 0.589. The van der Waals surface area contributed by atoms with Crippen LogP contribution in [0.5, 0.6) is 0 Å². The van der Waals surface area contributed by atoms with E-state index in [1.165, 1.54) is 0 Å². The van der Waals surface area contributed by atoms with Crippen LogP contribution in [-0.4, -0.2) is 10.1 Å². The Morgan fingerprint density at radius 1 is 1.33 bits per heavy atom. The van der Waals surface area contributed by atoms with Gasteiger partial charge in [-0.1, -0.05) is 18.5 Å². The van der Waals surface area contributed by atoms with Crippen LogP contribution in [0.2, 0.25) is 0 Å². The van der Waals surface area contributed by atoms with Gasteiger partial charge in [-0.25, -0.2) is 4.39 Å². The maximum atomic E-state index is 13.2. The Bertz CT molecular complexity index is 627. The molecule has 0 aliphatic carbocycles. The van der Waals surface area contributed by atoms with Gasteiger partial charge in [0, 0.05) is 5.56 Å². The molecule has 1 aromatic heterocycles. The average molecular weight is 323 g/mol. The first-order valence-electron chi connectivity index (χ1n) is 6.17. The van der Waals surface area contributed by atoms with Crippen LogP contribution in [0.1, 0.15) is 36.5 Å². The highest BCUT2D eigenvalue weighted by atomic mass is 35.5. The van der Waals surface area contributed by atoms with E-state index >= 15 is 0 Å². The van der Waals surface area contributed by atoms with Crippen molar-refractivity contribution in [3.63, 3.8) is 0 Å². The van der Waals surface area contributed by atoms with E-state index in [0.29, 0.717) is 18.6 Å². The number of alkyl halides is 4. The molecule has 0 fully saturated rings. The molecular weight excluding hydrogens is 312 g/mol. The van der Waals surface area contributed by atoms with Crippen LogP contribution in [0.25, 0.3) is 11.5 Å². The second-order valence-corrected chi connectivity index (χ2v) is 4.93. The highest BCUT2D eigenvalue weighted by molar-refractivity contribution is 6.20. The predicted molar refractivity (Wildman–Crippen MR) is 68.2 cm³/mol. The standard InChI is InChI=1S/C13H11ClF4N2O/c1-2-3-9(14)11-19-12(21-20-11)7-4-5-10(15)8(6-7)13(16,17)18/h4-6,9H,2-3H2,1H3. The number of hydrogen-bond acceptors (Lipinski definition) is 3. The molecule has 1 heterocycles. The van der Waals surface area contributed by atoms with Gasteiger partial charge in [0.15, 0.2) is 5.82 Å². The Kier molecular flexibility index (Phi) is 4.51. The van der Waals surface area contributed by atoms with Crippen LogP contribution in [0.15, 0.2) is 22.7 Å². The second kappa shape index (κ2) is 6.01. The predicted octanol–water partition coefficient (Wildman–Crippen LogP) is 4.97. The van der Waals surface area contributed by atoms with Crippen LogP contribution in [-0.2, 0) is 6.18 Å². The van der Waals surface area contributed by atoms with Crippen molar-refractivity contribution in [2.45, 2.75) is 31.3 Å². The van der Waals surface area contributed by atoms with Gasteiger partial charge in [-0.2, -0.15) is 18.2 Å². The highest BCUT2D eigenvalue weighted by Gasteiger charge is 2.34. The first-order valence-corrected chi connectivity index (χ1v) is 6.61. The Labute approximate surface area is 122 Å². The molecule has 1 aromatic carbocycles. The molecule has 0 saturated heterocycles. The van der Waals surface area contributed by atoms with Crippen molar-refractivity contribution in [2.24, 2.45) is 0 Å². The molecule has 0 amide bonds. The van der Waals surface area contributed by atoms with Crippen molar-refractivity contribution in [2.75, 3.05) is 0 Å². The van der Waals surface area contributed by atoms with E-state index in [9.17, 15) is 17.6 Å². The molecule has 21 heavy (non-hydrogen) atoms. The first kappa shape index (κ1) is 15.8. The van der Waals surface area contributed by atoms with Gasteiger partial charge in [-0.15, -0.1) is 11.6 Å². The molecule has 0 bridgehead atoms. The Morgan fingerprint density at radius 3 is 2.67 bits per heavy atom. The van der Waals surface area contributed by atoms with Crippen molar-refractivity contribution in [1.82, 2.24) is 10.1 Å². The summed E-state index contributed by atoms with van der Waals surface area (Å²) >= 11 is 6.01. The normalized spacial score (nSPS) is 13.4. The molecule has 114 valence electrons. The van der Waals surface area contributed by atoms with Crippen molar-refractivity contribution in [3.8, 4) is 11.5 Å². The molecule has 1 unspecified atom stereocenters. The minimum Gasteiger partial charge on any atom is -0.334 e. The van der Waals surface area contributed by atoms with Crippen LogP contribution >= 0.6 is 11.6 Å². The molecular formula is C13H11ClF4N2O. The summed E-state index contributed by atoms with van der Waals surface area (Å²) < 4.78 is 56.0. The van der Waals surface area contributed by atoms with E-state index in [1.54, 1.807) is 0 Å². The summed E-state index contributed by atoms with van der Waals surface area (Å²) in [6.07, 6.45) is -3.38. The number of benzene rings is 1. The Balaban J connectivity index is 2.35. The maximum Gasteiger partial charge on any atom is 0.419 e. The number of aromatic nitrogens is 2. The summed E-state index contributed by atoms with van der Waals surface area (Å²) in [4.78, 5) is 3.95. The van der Waals surface area contributed by atoms with Crippen molar-refractivity contribution in [1.29, 1.82) is 0 Å². The minimum absolute atomic E-state index is 0.0113. The zero-order valence-electron chi connectivity index (χ0n) is 10.9. The molecule has 0 saturated carbocycles. The molecule has 8 heteroatoms. The third-order valence-electron chi connectivity index (χ3n) is 2.78. The van der Waals surface area contributed by atoms with Gasteiger partial charge in [-0.05, 0) is 24.6 Å². The van der Waals surface area contributed by atoms with E-state index in [-0.39, 0.29) is 17.3 Å². The van der Waals surface area contributed by atoms with Crippen molar-refractivity contribution < 1.29 is 22.1 Å². The largest absolute Gasteiger partial charge is 0.419 e. The SMILES string of the molecule is CCCC(Cl)c1noc(-c2ccc(F)c(C(F)(F)F)c2)n1. The fourth-order valence-electron chi connectivity index (χ4n) is 1.74. The summed E-state index contributed by atoms with van der Waals surface area (Å²) in [5, 5.41) is 3.16. The summed E-state index contributed by atoms with van der Waals surface area (Å²) in [5.41, 5.74) is -1.39. The zero-order chi connectivity index (χ0) is 15.6. The minimum atomic E-state index is -4.79. The van der Waals surface area contributed by atoms with Crippen LogP contribution in [0.4, 0.5) is 17.6 Å². The molecule has 2 aromatic rings.